The second-order valence-corrected chi connectivity index (χ2v) is 4.81. The van der Waals surface area contributed by atoms with Crippen LogP contribution in [0, 0.1) is 12.7 Å². The van der Waals surface area contributed by atoms with Crippen LogP contribution in [0.3, 0.4) is 0 Å². The van der Waals surface area contributed by atoms with Crippen LogP contribution in [-0.2, 0) is 4.79 Å². The highest BCUT2D eigenvalue weighted by Gasteiger charge is 2.27. The Morgan fingerprint density at radius 1 is 1.24 bits per heavy atom. The standard InChI is InChI=1S/C16H14FNO3/c1-10-6-7-11(17)8-12(10)18-16(19)15-9-20-13-4-2-3-5-14(13)21-15/h2-8,15H,9H2,1H3,(H,18,19)/t15-/m0/s1. The van der Waals surface area contributed by atoms with Gasteiger partial charge in [-0.1, -0.05) is 18.2 Å². The number of hydrogen-bond acceptors (Lipinski definition) is 3. The predicted molar refractivity (Wildman–Crippen MR) is 76.1 cm³/mol. The lowest BCUT2D eigenvalue weighted by Crippen LogP contribution is -2.40. The van der Waals surface area contributed by atoms with Crippen molar-refractivity contribution >= 4 is 11.6 Å². The lowest BCUT2D eigenvalue weighted by molar-refractivity contribution is -0.125. The molecule has 1 atom stereocenters. The SMILES string of the molecule is Cc1ccc(F)cc1NC(=O)[C@@H]1COc2ccccc2O1. The van der Waals surface area contributed by atoms with Gasteiger partial charge in [0.25, 0.3) is 5.91 Å². The number of para-hydroxylation sites is 2. The molecule has 0 spiro atoms. The molecule has 1 aliphatic heterocycles. The Morgan fingerprint density at radius 3 is 2.81 bits per heavy atom. The number of fused-ring (bicyclic) bond motifs is 1. The molecule has 108 valence electrons. The third-order valence-electron chi connectivity index (χ3n) is 3.26. The van der Waals surface area contributed by atoms with E-state index in [2.05, 4.69) is 5.32 Å². The van der Waals surface area contributed by atoms with Gasteiger partial charge in [-0.05, 0) is 36.8 Å². The van der Waals surface area contributed by atoms with Crippen molar-refractivity contribution in [3.05, 3.63) is 53.8 Å². The molecule has 3 rings (SSSR count). The summed E-state index contributed by atoms with van der Waals surface area (Å²) in [6.45, 7) is 1.92. The van der Waals surface area contributed by atoms with Crippen LogP contribution in [0.5, 0.6) is 11.5 Å². The van der Waals surface area contributed by atoms with Crippen molar-refractivity contribution in [1.82, 2.24) is 0 Å². The molecule has 21 heavy (non-hydrogen) atoms. The van der Waals surface area contributed by atoms with E-state index in [0.29, 0.717) is 17.2 Å². The van der Waals surface area contributed by atoms with Gasteiger partial charge < -0.3 is 14.8 Å². The number of carbonyl (C=O) groups is 1. The van der Waals surface area contributed by atoms with Gasteiger partial charge in [0.05, 0.1) is 0 Å². The molecule has 1 N–H and O–H groups in total. The highest BCUT2D eigenvalue weighted by Crippen LogP contribution is 2.31. The number of hydrogen-bond donors (Lipinski definition) is 1. The minimum atomic E-state index is -0.762. The van der Waals surface area contributed by atoms with Crippen molar-refractivity contribution in [2.24, 2.45) is 0 Å². The molecule has 1 heterocycles. The fourth-order valence-electron chi connectivity index (χ4n) is 2.09. The van der Waals surface area contributed by atoms with Gasteiger partial charge in [-0.3, -0.25) is 4.79 Å². The Bertz CT molecular complexity index is 687. The Labute approximate surface area is 121 Å². The number of carbonyl (C=O) groups excluding carboxylic acids is 1. The molecule has 0 saturated carbocycles. The lowest BCUT2D eigenvalue weighted by atomic mass is 10.2. The zero-order valence-corrected chi connectivity index (χ0v) is 11.4. The molecule has 2 aromatic carbocycles. The number of aryl methyl sites for hydroxylation is 1. The summed E-state index contributed by atoms with van der Waals surface area (Å²) >= 11 is 0. The third-order valence-corrected chi connectivity index (χ3v) is 3.26. The fraction of sp³-hybridized carbons (Fsp3) is 0.188. The fourth-order valence-corrected chi connectivity index (χ4v) is 2.09. The highest BCUT2D eigenvalue weighted by molar-refractivity contribution is 5.95. The summed E-state index contributed by atoms with van der Waals surface area (Å²) in [6.07, 6.45) is -0.762. The number of amides is 1. The molecular formula is C16H14FNO3. The molecule has 0 aromatic heterocycles. The average molecular weight is 287 g/mol. The number of rotatable bonds is 2. The van der Waals surface area contributed by atoms with Gasteiger partial charge >= 0.3 is 0 Å². The molecule has 0 bridgehead atoms. The third kappa shape index (κ3) is 2.81. The molecule has 0 radical (unpaired) electrons. The highest BCUT2D eigenvalue weighted by atomic mass is 19.1. The number of anilines is 1. The van der Waals surface area contributed by atoms with Crippen LogP contribution in [0.2, 0.25) is 0 Å². The second-order valence-electron chi connectivity index (χ2n) is 4.81. The number of nitrogens with one attached hydrogen (secondary N) is 1. The molecule has 1 aliphatic rings. The largest absolute Gasteiger partial charge is 0.485 e. The van der Waals surface area contributed by atoms with Crippen LogP contribution in [0.1, 0.15) is 5.56 Å². The van der Waals surface area contributed by atoms with Gasteiger partial charge in [0.1, 0.15) is 12.4 Å². The van der Waals surface area contributed by atoms with E-state index < -0.39 is 11.9 Å². The van der Waals surface area contributed by atoms with Crippen LogP contribution < -0.4 is 14.8 Å². The summed E-state index contributed by atoms with van der Waals surface area (Å²) in [6, 6.07) is 11.4. The van der Waals surface area contributed by atoms with Gasteiger partial charge in [0.2, 0.25) is 6.10 Å². The van der Waals surface area contributed by atoms with Crippen LogP contribution >= 0.6 is 0 Å². The molecule has 4 nitrogen and oxygen atoms in total. The monoisotopic (exact) mass is 287 g/mol. The maximum atomic E-state index is 13.2. The molecule has 0 unspecified atom stereocenters. The molecule has 2 aromatic rings. The Balaban J connectivity index is 1.74. The van der Waals surface area contributed by atoms with Gasteiger partial charge in [0.15, 0.2) is 11.5 Å². The Kier molecular flexibility index (Phi) is 3.48. The maximum absolute atomic E-state index is 13.2. The smallest absolute Gasteiger partial charge is 0.269 e. The first kappa shape index (κ1) is 13.4. The normalized spacial score (nSPS) is 16.4. The molecule has 0 fully saturated rings. The first-order valence-corrected chi connectivity index (χ1v) is 6.59. The van der Waals surface area contributed by atoms with Gasteiger partial charge in [-0.2, -0.15) is 0 Å². The van der Waals surface area contributed by atoms with E-state index in [1.54, 1.807) is 31.2 Å². The Morgan fingerprint density at radius 2 is 2.00 bits per heavy atom. The van der Waals surface area contributed by atoms with E-state index in [0.717, 1.165) is 5.56 Å². The molecule has 0 saturated heterocycles. The predicted octanol–water partition coefficient (Wildman–Crippen LogP) is 2.91. The van der Waals surface area contributed by atoms with Crippen molar-refractivity contribution < 1.29 is 18.7 Å². The van der Waals surface area contributed by atoms with Crippen molar-refractivity contribution in [3.63, 3.8) is 0 Å². The van der Waals surface area contributed by atoms with Crippen LogP contribution in [-0.4, -0.2) is 18.6 Å². The van der Waals surface area contributed by atoms with E-state index in [9.17, 15) is 9.18 Å². The summed E-state index contributed by atoms with van der Waals surface area (Å²) in [7, 11) is 0. The first-order valence-electron chi connectivity index (χ1n) is 6.59. The van der Waals surface area contributed by atoms with Crippen molar-refractivity contribution in [1.29, 1.82) is 0 Å². The van der Waals surface area contributed by atoms with E-state index >= 15 is 0 Å². The minimum absolute atomic E-state index is 0.122. The van der Waals surface area contributed by atoms with E-state index in [1.165, 1.54) is 12.1 Å². The van der Waals surface area contributed by atoms with E-state index in [4.69, 9.17) is 9.47 Å². The molecule has 1 amide bonds. The van der Waals surface area contributed by atoms with Crippen molar-refractivity contribution in [2.75, 3.05) is 11.9 Å². The van der Waals surface area contributed by atoms with Crippen LogP contribution in [0.15, 0.2) is 42.5 Å². The van der Waals surface area contributed by atoms with Gasteiger partial charge in [-0.15, -0.1) is 0 Å². The second kappa shape index (κ2) is 5.44. The van der Waals surface area contributed by atoms with E-state index in [-0.39, 0.29) is 12.5 Å². The average Bonchev–Trinajstić information content (AvgIpc) is 2.50. The minimum Gasteiger partial charge on any atom is -0.485 e. The molecule has 0 aliphatic carbocycles. The summed E-state index contributed by atoms with van der Waals surface area (Å²) in [5, 5.41) is 2.67. The summed E-state index contributed by atoms with van der Waals surface area (Å²) in [4.78, 5) is 12.2. The summed E-state index contributed by atoms with van der Waals surface area (Å²) in [5.41, 5.74) is 1.21. The van der Waals surface area contributed by atoms with Gasteiger partial charge in [-0.25, -0.2) is 4.39 Å². The van der Waals surface area contributed by atoms with Crippen molar-refractivity contribution in [2.45, 2.75) is 13.0 Å². The van der Waals surface area contributed by atoms with Crippen molar-refractivity contribution in [3.8, 4) is 11.5 Å². The number of benzene rings is 2. The Hall–Kier alpha value is -2.56. The maximum Gasteiger partial charge on any atom is 0.269 e. The zero-order valence-electron chi connectivity index (χ0n) is 11.4. The quantitative estimate of drug-likeness (QED) is 0.924. The number of ether oxygens (including phenoxy) is 2. The first-order chi connectivity index (χ1) is 10.1. The van der Waals surface area contributed by atoms with E-state index in [1.807, 2.05) is 6.07 Å². The lowest BCUT2D eigenvalue weighted by Gasteiger charge is -2.25. The summed E-state index contributed by atoms with van der Waals surface area (Å²) < 4.78 is 24.3. The topological polar surface area (TPSA) is 47.6 Å². The summed E-state index contributed by atoms with van der Waals surface area (Å²) in [5.74, 6) is 0.378. The zero-order chi connectivity index (χ0) is 14.8. The molecular weight excluding hydrogens is 273 g/mol. The van der Waals surface area contributed by atoms with Crippen LogP contribution in [0.4, 0.5) is 10.1 Å². The van der Waals surface area contributed by atoms with Crippen LogP contribution in [0.25, 0.3) is 0 Å². The van der Waals surface area contributed by atoms with Gasteiger partial charge in [0, 0.05) is 5.69 Å². The molecule has 5 heteroatoms. The number of halogens is 1.